The fraction of sp³-hybridized carbons (Fsp3) is 0.857. The minimum absolute atomic E-state index is 0.139. The second-order valence-corrected chi connectivity index (χ2v) is 2.84. The first-order valence-corrected chi connectivity index (χ1v) is 3.84. The van der Waals surface area contributed by atoms with Crippen LogP contribution in [0.4, 0.5) is 0 Å². The van der Waals surface area contributed by atoms with E-state index < -0.39 is 22.9 Å². The molecule has 0 rings (SSSR count). The van der Waals surface area contributed by atoms with Crippen molar-refractivity contribution in [2.24, 2.45) is 5.92 Å². The van der Waals surface area contributed by atoms with E-state index in [9.17, 15) is 14.9 Å². The van der Waals surface area contributed by atoms with Crippen LogP contribution in [0.5, 0.6) is 0 Å². The van der Waals surface area contributed by atoms with Crippen molar-refractivity contribution in [3.05, 3.63) is 10.1 Å². The van der Waals surface area contributed by atoms with Crippen LogP contribution in [0.2, 0.25) is 0 Å². The molecule has 2 unspecified atom stereocenters. The van der Waals surface area contributed by atoms with Gasteiger partial charge in [-0.15, -0.1) is 0 Å². The molecule has 0 saturated carbocycles. The maximum Gasteiger partial charge on any atom is 0.303 e. The maximum atomic E-state index is 10.4. The number of carbonyl (C=O) groups is 1. The lowest BCUT2D eigenvalue weighted by Crippen LogP contribution is -2.28. The van der Waals surface area contributed by atoms with Gasteiger partial charge in [0.1, 0.15) is 0 Å². The van der Waals surface area contributed by atoms with E-state index >= 15 is 0 Å². The molecule has 70 valence electrons. The average molecular weight is 175 g/mol. The van der Waals surface area contributed by atoms with E-state index in [-0.39, 0.29) is 6.42 Å². The Morgan fingerprint density at radius 1 is 1.67 bits per heavy atom. The zero-order valence-electron chi connectivity index (χ0n) is 7.19. The Morgan fingerprint density at radius 3 is 2.42 bits per heavy atom. The highest BCUT2D eigenvalue weighted by Crippen LogP contribution is 2.13. The molecule has 0 spiro atoms. The van der Waals surface area contributed by atoms with Crippen LogP contribution in [0.25, 0.3) is 0 Å². The van der Waals surface area contributed by atoms with Gasteiger partial charge in [-0.25, -0.2) is 0 Å². The summed E-state index contributed by atoms with van der Waals surface area (Å²) in [7, 11) is 0. The molecule has 0 saturated heterocycles. The molecule has 0 bridgehead atoms. The molecule has 0 amide bonds. The highest BCUT2D eigenvalue weighted by atomic mass is 16.6. The molecule has 1 N–H and O–H groups in total. The van der Waals surface area contributed by atoms with Gasteiger partial charge in [-0.3, -0.25) is 14.9 Å². The van der Waals surface area contributed by atoms with Gasteiger partial charge >= 0.3 is 5.97 Å². The number of hydrogen-bond donors (Lipinski definition) is 1. The molecule has 2 atom stereocenters. The van der Waals surface area contributed by atoms with Crippen molar-refractivity contribution in [3.8, 4) is 0 Å². The third kappa shape index (κ3) is 3.32. The van der Waals surface area contributed by atoms with E-state index in [0.29, 0.717) is 6.42 Å². The lowest BCUT2D eigenvalue weighted by Gasteiger charge is -2.12. The SMILES string of the molecule is CCC(C(C)CC(=O)O)[N+](=O)[O-]. The molecular formula is C7H13NO4. The maximum absolute atomic E-state index is 10.4. The average Bonchev–Trinajstić information content (AvgIpc) is 1.85. The van der Waals surface area contributed by atoms with E-state index in [0.717, 1.165) is 0 Å². The van der Waals surface area contributed by atoms with Crippen molar-refractivity contribution in [1.82, 2.24) is 0 Å². The van der Waals surface area contributed by atoms with Crippen molar-refractivity contribution in [3.63, 3.8) is 0 Å². The van der Waals surface area contributed by atoms with E-state index in [2.05, 4.69) is 0 Å². The van der Waals surface area contributed by atoms with Crippen LogP contribution in [0, 0.1) is 16.0 Å². The summed E-state index contributed by atoms with van der Waals surface area (Å²) in [6.07, 6.45) is 0.237. The highest BCUT2D eigenvalue weighted by Gasteiger charge is 2.27. The van der Waals surface area contributed by atoms with Crippen LogP contribution in [0.3, 0.4) is 0 Å². The lowest BCUT2D eigenvalue weighted by molar-refractivity contribution is -0.531. The number of nitrogens with zero attached hydrogens (tertiary/aromatic N) is 1. The molecule has 5 heteroatoms. The standard InChI is InChI=1S/C7H13NO4/c1-3-6(8(11)12)5(2)4-7(9)10/h5-6H,3-4H2,1-2H3,(H,9,10). The summed E-state index contributed by atoms with van der Waals surface area (Å²) in [4.78, 5) is 20.2. The third-order valence-corrected chi connectivity index (χ3v) is 1.84. The summed E-state index contributed by atoms with van der Waals surface area (Å²) in [5, 5.41) is 18.8. The lowest BCUT2D eigenvalue weighted by atomic mass is 9.97. The van der Waals surface area contributed by atoms with E-state index in [1.807, 2.05) is 0 Å². The molecule has 0 aromatic heterocycles. The van der Waals surface area contributed by atoms with Crippen LogP contribution < -0.4 is 0 Å². The highest BCUT2D eigenvalue weighted by molar-refractivity contribution is 5.67. The fourth-order valence-electron chi connectivity index (χ4n) is 1.17. The number of rotatable bonds is 5. The second-order valence-electron chi connectivity index (χ2n) is 2.84. The predicted molar refractivity (Wildman–Crippen MR) is 42.5 cm³/mol. The van der Waals surface area contributed by atoms with Crippen LogP contribution in [0.15, 0.2) is 0 Å². The van der Waals surface area contributed by atoms with Gasteiger partial charge in [-0.1, -0.05) is 13.8 Å². The molecule has 0 aromatic carbocycles. The zero-order chi connectivity index (χ0) is 9.72. The smallest absolute Gasteiger partial charge is 0.303 e. The number of carboxylic acids is 1. The van der Waals surface area contributed by atoms with Crippen molar-refractivity contribution >= 4 is 5.97 Å². The van der Waals surface area contributed by atoms with E-state index in [1.165, 1.54) is 0 Å². The number of hydrogen-bond acceptors (Lipinski definition) is 3. The Morgan fingerprint density at radius 2 is 2.17 bits per heavy atom. The van der Waals surface area contributed by atoms with Gasteiger partial charge in [-0.05, 0) is 0 Å². The Labute approximate surface area is 70.5 Å². The van der Waals surface area contributed by atoms with Crippen LogP contribution in [0.1, 0.15) is 26.7 Å². The Kier molecular flexibility index (Phi) is 4.25. The summed E-state index contributed by atoms with van der Waals surface area (Å²) in [6, 6.07) is -0.735. The first kappa shape index (κ1) is 10.9. The van der Waals surface area contributed by atoms with Gasteiger partial charge in [0.2, 0.25) is 6.04 Å². The minimum Gasteiger partial charge on any atom is -0.481 e. The molecule has 12 heavy (non-hydrogen) atoms. The summed E-state index contributed by atoms with van der Waals surface area (Å²) in [6.45, 7) is 3.27. The van der Waals surface area contributed by atoms with E-state index in [4.69, 9.17) is 5.11 Å². The van der Waals surface area contributed by atoms with Gasteiger partial charge in [0.15, 0.2) is 0 Å². The Hall–Kier alpha value is -1.13. The summed E-state index contributed by atoms with van der Waals surface area (Å²) >= 11 is 0. The molecule has 0 aliphatic carbocycles. The largest absolute Gasteiger partial charge is 0.481 e. The van der Waals surface area contributed by atoms with Gasteiger partial charge in [-0.2, -0.15) is 0 Å². The first-order valence-electron chi connectivity index (χ1n) is 3.84. The molecule has 0 aromatic rings. The van der Waals surface area contributed by atoms with Crippen molar-refractivity contribution in [2.75, 3.05) is 0 Å². The topological polar surface area (TPSA) is 80.4 Å². The summed E-state index contributed by atoms with van der Waals surface area (Å²) < 4.78 is 0. The monoisotopic (exact) mass is 175 g/mol. The molecule has 0 aliphatic rings. The summed E-state index contributed by atoms with van der Waals surface area (Å²) in [5.41, 5.74) is 0. The third-order valence-electron chi connectivity index (χ3n) is 1.84. The number of nitro groups is 1. The predicted octanol–water partition coefficient (Wildman–Crippen LogP) is 1.15. The fourth-order valence-corrected chi connectivity index (χ4v) is 1.17. The van der Waals surface area contributed by atoms with Crippen molar-refractivity contribution < 1.29 is 14.8 Å². The van der Waals surface area contributed by atoms with Gasteiger partial charge in [0, 0.05) is 17.3 Å². The van der Waals surface area contributed by atoms with Crippen LogP contribution in [-0.4, -0.2) is 22.0 Å². The van der Waals surface area contributed by atoms with Gasteiger partial charge in [0.05, 0.1) is 6.42 Å². The van der Waals surface area contributed by atoms with Gasteiger partial charge < -0.3 is 5.11 Å². The zero-order valence-corrected chi connectivity index (χ0v) is 7.19. The minimum atomic E-state index is -0.984. The normalized spacial score (nSPS) is 15.2. The van der Waals surface area contributed by atoms with Crippen molar-refractivity contribution in [1.29, 1.82) is 0 Å². The molecule has 0 fully saturated rings. The Balaban J connectivity index is 4.11. The molecule has 5 nitrogen and oxygen atoms in total. The van der Waals surface area contributed by atoms with Crippen molar-refractivity contribution in [2.45, 2.75) is 32.7 Å². The van der Waals surface area contributed by atoms with Crippen LogP contribution >= 0.6 is 0 Å². The second kappa shape index (κ2) is 4.69. The van der Waals surface area contributed by atoms with Crippen LogP contribution in [-0.2, 0) is 4.79 Å². The summed E-state index contributed by atoms with van der Waals surface area (Å²) in [5.74, 6) is -1.38. The molecule has 0 heterocycles. The Bertz CT molecular complexity index is 180. The molecule has 0 radical (unpaired) electrons. The molecular weight excluding hydrogens is 162 g/mol. The number of aliphatic carboxylic acids is 1. The molecule has 0 aliphatic heterocycles. The van der Waals surface area contributed by atoms with Gasteiger partial charge in [0.25, 0.3) is 0 Å². The first-order chi connectivity index (χ1) is 5.49. The quantitative estimate of drug-likeness (QED) is 0.502. The number of carboxylic acid groups (broad SMARTS) is 1. The van der Waals surface area contributed by atoms with E-state index in [1.54, 1.807) is 13.8 Å².